The molecule has 3 rings (SSSR count). The molecule has 6 heteroatoms. The van der Waals surface area contributed by atoms with Gasteiger partial charge < -0.3 is 15.5 Å². The molecule has 0 aromatic heterocycles. The maximum Gasteiger partial charge on any atom is 0.322 e. The molecule has 1 aromatic rings. The fraction of sp³-hybridized carbons (Fsp3) is 0.438. The number of nitriles is 1. The maximum absolute atomic E-state index is 12.5. The second-order valence-corrected chi connectivity index (χ2v) is 5.78. The minimum Gasteiger partial charge on any atom is -0.350 e. The maximum atomic E-state index is 12.5. The fourth-order valence-corrected chi connectivity index (χ4v) is 3.26. The minimum atomic E-state index is -0.276. The van der Waals surface area contributed by atoms with Gasteiger partial charge in [0.2, 0.25) is 5.91 Å². The van der Waals surface area contributed by atoms with Crippen molar-refractivity contribution in [2.24, 2.45) is 0 Å². The standard InChI is InChI=1S/C16H18N4O2/c17-9-11-4-3-5-12(8-11)18-16(22)20-10-15(21)19-13-6-1-2-7-14(13)20/h3-5,8,13-14H,1-2,6-7,10H2,(H,18,22)(H,19,21)/t13-,14+/m0/s1. The van der Waals surface area contributed by atoms with E-state index >= 15 is 0 Å². The van der Waals surface area contributed by atoms with Crippen LogP contribution in [0.15, 0.2) is 24.3 Å². The number of anilines is 1. The van der Waals surface area contributed by atoms with Crippen LogP contribution in [0.4, 0.5) is 10.5 Å². The monoisotopic (exact) mass is 298 g/mol. The van der Waals surface area contributed by atoms with Gasteiger partial charge in [0.15, 0.2) is 0 Å². The first-order valence-corrected chi connectivity index (χ1v) is 7.54. The molecule has 1 aliphatic heterocycles. The van der Waals surface area contributed by atoms with Gasteiger partial charge in [-0.1, -0.05) is 18.9 Å². The lowest BCUT2D eigenvalue weighted by atomic mass is 9.87. The van der Waals surface area contributed by atoms with Gasteiger partial charge in [0, 0.05) is 11.7 Å². The van der Waals surface area contributed by atoms with Crippen LogP contribution in [0, 0.1) is 11.3 Å². The predicted molar refractivity (Wildman–Crippen MR) is 81.1 cm³/mol. The number of nitrogens with zero attached hydrogens (tertiary/aromatic N) is 2. The first-order valence-electron chi connectivity index (χ1n) is 7.54. The number of carbonyl (C=O) groups is 2. The van der Waals surface area contributed by atoms with Gasteiger partial charge in [-0.15, -0.1) is 0 Å². The summed E-state index contributed by atoms with van der Waals surface area (Å²) >= 11 is 0. The zero-order valence-electron chi connectivity index (χ0n) is 12.2. The van der Waals surface area contributed by atoms with E-state index in [0.717, 1.165) is 25.7 Å². The summed E-state index contributed by atoms with van der Waals surface area (Å²) in [6.07, 6.45) is 3.99. The number of urea groups is 1. The molecule has 1 aliphatic carbocycles. The van der Waals surface area contributed by atoms with Crippen molar-refractivity contribution in [2.45, 2.75) is 37.8 Å². The molecule has 6 nitrogen and oxygen atoms in total. The Balaban J connectivity index is 1.75. The Morgan fingerprint density at radius 2 is 2.18 bits per heavy atom. The van der Waals surface area contributed by atoms with Crippen LogP contribution in [0.1, 0.15) is 31.2 Å². The Morgan fingerprint density at radius 1 is 1.36 bits per heavy atom. The van der Waals surface area contributed by atoms with Gasteiger partial charge in [0.05, 0.1) is 17.7 Å². The number of carbonyl (C=O) groups excluding carboxylic acids is 2. The smallest absolute Gasteiger partial charge is 0.322 e. The number of nitrogens with one attached hydrogen (secondary N) is 2. The number of rotatable bonds is 1. The van der Waals surface area contributed by atoms with E-state index < -0.39 is 0 Å². The molecule has 2 atom stereocenters. The minimum absolute atomic E-state index is 0.0607. The van der Waals surface area contributed by atoms with Gasteiger partial charge >= 0.3 is 6.03 Å². The Kier molecular flexibility index (Phi) is 3.96. The van der Waals surface area contributed by atoms with Crippen molar-refractivity contribution in [3.8, 4) is 6.07 Å². The molecule has 1 saturated heterocycles. The number of benzene rings is 1. The molecule has 3 amide bonds. The Morgan fingerprint density at radius 3 is 3.00 bits per heavy atom. The predicted octanol–water partition coefficient (Wildman–Crippen LogP) is 1.83. The van der Waals surface area contributed by atoms with Crippen LogP contribution in [0.25, 0.3) is 0 Å². The van der Waals surface area contributed by atoms with Crippen molar-refractivity contribution < 1.29 is 9.59 Å². The highest BCUT2D eigenvalue weighted by Crippen LogP contribution is 2.26. The Hall–Kier alpha value is -2.55. The van der Waals surface area contributed by atoms with Crippen molar-refractivity contribution in [3.63, 3.8) is 0 Å². The number of piperazine rings is 1. The number of amides is 3. The number of fused-ring (bicyclic) bond motifs is 1. The average molecular weight is 298 g/mol. The lowest BCUT2D eigenvalue weighted by molar-refractivity contribution is -0.126. The molecule has 0 unspecified atom stereocenters. The van der Waals surface area contributed by atoms with Gasteiger partial charge in [-0.2, -0.15) is 5.26 Å². The lowest BCUT2D eigenvalue weighted by Gasteiger charge is -2.43. The molecule has 0 radical (unpaired) electrons. The highest BCUT2D eigenvalue weighted by molar-refractivity contribution is 5.93. The van der Waals surface area contributed by atoms with Crippen molar-refractivity contribution in [1.29, 1.82) is 5.26 Å². The van der Waals surface area contributed by atoms with E-state index in [2.05, 4.69) is 10.6 Å². The summed E-state index contributed by atoms with van der Waals surface area (Å²) < 4.78 is 0. The molecule has 2 fully saturated rings. The van der Waals surface area contributed by atoms with Gasteiger partial charge in [0.25, 0.3) is 0 Å². The topological polar surface area (TPSA) is 85.2 Å². The van der Waals surface area contributed by atoms with E-state index in [-0.39, 0.29) is 30.6 Å². The average Bonchev–Trinajstić information content (AvgIpc) is 2.54. The summed E-state index contributed by atoms with van der Waals surface area (Å²) in [4.78, 5) is 26.0. The van der Waals surface area contributed by atoms with E-state index in [0.29, 0.717) is 11.3 Å². The van der Waals surface area contributed by atoms with Gasteiger partial charge in [-0.25, -0.2) is 4.79 Å². The summed E-state index contributed by atoms with van der Waals surface area (Å²) in [6.45, 7) is 0.0882. The van der Waals surface area contributed by atoms with E-state index in [4.69, 9.17) is 5.26 Å². The first-order chi connectivity index (χ1) is 10.7. The van der Waals surface area contributed by atoms with E-state index in [9.17, 15) is 9.59 Å². The summed E-state index contributed by atoms with van der Waals surface area (Å²) in [6, 6.07) is 8.66. The third-order valence-electron chi connectivity index (χ3n) is 4.29. The van der Waals surface area contributed by atoms with Gasteiger partial charge in [-0.05, 0) is 31.0 Å². The van der Waals surface area contributed by atoms with Crippen LogP contribution < -0.4 is 10.6 Å². The summed E-state index contributed by atoms with van der Waals surface area (Å²) in [5.41, 5.74) is 1.06. The van der Waals surface area contributed by atoms with Crippen LogP contribution >= 0.6 is 0 Å². The molecular weight excluding hydrogens is 280 g/mol. The normalized spacial score (nSPS) is 24.0. The van der Waals surface area contributed by atoms with Crippen LogP contribution in [0.3, 0.4) is 0 Å². The number of hydrogen-bond donors (Lipinski definition) is 2. The Bertz CT molecular complexity index is 637. The summed E-state index contributed by atoms with van der Waals surface area (Å²) in [7, 11) is 0. The SMILES string of the molecule is N#Cc1cccc(NC(=O)N2CC(=O)N[C@H]3CCCC[C@H]32)c1. The lowest BCUT2D eigenvalue weighted by Crippen LogP contribution is -2.63. The molecule has 0 bridgehead atoms. The van der Waals surface area contributed by atoms with Crippen LogP contribution in [0.5, 0.6) is 0 Å². The third kappa shape index (κ3) is 2.89. The van der Waals surface area contributed by atoms with E-state index in [1.54, 1.807) is 29.2 Å². The number of hydrogen-bond acceptors (Lipinski definition) is 3. The van der Waals surface area contributed by atoms with Crippen molar-refractivity contribution in [1.82, 2.24) is 10.2 Å². The summed E-state index contributed by atoms with van der Waals surface area (Å²) in [5, 5.41) is 14.7. The molecule has 114 valence electrons. The van der Waals surface area contributed by atoms with Gasteiger partial charge in [0.1, 0.15) is 6.54 Å². The third-order valence-corrected chi connectivity index (χ3v) is 4.29. The highest BCUT2D eigenvalue weighted by Gasteiger charge is 2.38. The summed E-state index contributed by atoms with van der Waals surface area (Å²) in [5.74, 6) is -0.107. The van der Waals surface area contributed by atoms with Crippen molar-refractivity contribution in [3.05, 3.63) is 29.8 Å². The van der Waals surface area contributed by atoms with Gasteiger partial charge in [-0.3, -0.25) is 4.79 Å². The fourth-order valence-electron chi connectivity index (χ4n) is 3.26. The largest absolute Gasteiger partial charge is 0.350 e. The molecule has 1 saturated carbocycles. The highest BCUT2D eigenvalue weighted by atomic mass is 16.2. The second-order valence-electron chi connectivity index (χ2n) is 5.78. The van der Waals surface area contributed by atoms with Crippen LogP contribution in [0.2, 0.25) is 0 Å². The molecule has 2 aliphatic rings. The Labute approximate surface area is 129 Å². The van der Waals surface area contributed by atoms with E-state index in [1.807, 2.05) is 6.07 Å². The van der Waals surface area contributed by atoms with Crippen molar-refractivity contribution >= 4 is 17.6 Å². The van der Waals surface area contributed by atoms with E-state index in [1.165, 1.54) is 0 Å². The second kappa shape index (κ2) is 6.06. The quantitative estimate of drug-likeness (QED) is 0.829. The van der Waals surface area contributed by atoms with Crippen LogP contribution in [-0.2, 0) is 4.79 Å². The molecule has 1 aromatic carbocycles. The zero-order chi connectivity index (χ0) is 15.5. The molecule has 0 spiro atoms. The molecule has 2 N–H and O–H groups in total. The molecular formula is C16H18N4O2. The van der Waals surface area contributed by atoms with Crippen molar-refractivity contribution in [2.75, 3.05) is 11.9 Å². The molecule has 22 heavy (non-hydrogen) atoms. The molecule has 1 heterocycles. The first kappa shape index (κ1) is 14.4. The van der Waals surface area contributed by atoms with Crippen LogP contribution in [-0.4, -0.2) is 35.5 Å². The zero-order valence-corrected chi connectivity index (χ0v) is 12.2.